The van der Waals surface area contributed by atoms with Gasteiger partial charge < -0.3 is 0 Å². The predicted molar refractivity (Wildman–Crippen MR) is 50.2 cm³/mol. The summed E-state index contributed by atoms with van der Waals surface area (Å²) in [7, 11) is 0. The van der Waals surface area contributed by atoms with Crippen LogP contribution >= 0.6 is 61.2 Å². The van der Waals surface area contributed by atoms with Crippen molar-refractivity contribution in [3.63, 3.8) is 0 Å². The first-order chi connectivity index (χ1) is 1.00. The molecule has 0 heterocycles. The van der Waals surface area contributed by atoms with E-state index in [4.69, 9.17) is 0 Å². The molecule has 0 aromatic rings. The topological polar surface area (TPSA) is 0 Å². The van der Waals surface area contributed by atoms with Gasteiger partial charge in [-0.2, -0.15) is 0 Å². The molecule has 0 unspecified atom stereocenters. The SMILES string of the molecule is C.I.II.[Ar].[Ar]. The Kier molecular flexibility index (Phi) is 171. The van der Waals surface area contributed by atoms with E-state index in [-0.39, 0.29) is 107 Å². The van der Waals surface area contributed by atoms with Crippen molar-refractivity contribution < 1.29 is 75.5 Å². The van der Waals surface area contributed by atoms with Crippen molar-refractivity contribution in [1.29, 1.82) is 0 Å². The molecule has 5 heteroatoms. The van der Waals surface area contributed by atoms with Gasteiger partial charge in [0.2, 0.25) is 0 Å². The number of hydrogen-bond acceptors (Lipinski definition) is 0. The van der Waals surface area contributed by atoms with E-state index in [2.05, 4.69) is 37.2 Å². The molecule has 0 amide bonds. The molecule has 0 aromatic carbocycles. The first kappa shape index (κ1) is 31.0. The van der Waals surface area contributed by atoms with Crippen LogP contribution < -0.4 is 0 Å². The van der Waals surface area contributed by atoms with E-state index in [1.165, 1.54) is 0 Å². The Labute approximate surface area is 140 Å². The molecule has 0 fully saturated rings. The number of halogens is 3. The Balaban J connectivity index is -0.000000000833. The second-order valence-electron chi connectivity index (χ2n) is 0. The van der Waals surface area contributed by atoms with Crippen LogP contribution in [0.15, 0.2) is 0 Å². The summed E-state index contributed by atoms with van der Waals surface area (Å²) in [4.78, 5) is 0. The molecule has 0 rings (SSSR count). The van der Waals surface area contributed by atoms with Gasteiger partial charge >= 0.3 is 0 Å². The second kappa shape index (κ2) is 33.2. The largest absolute Gasteiger partial charge is 0.107 e. The van der Waals surface area contributed by atoms with Gasteiger partial charge in [0.25, 0.3) is 0 Å². The van der Waals surface area contributed by atoms with Crippen LogP contribution in [0.5, 0.6) is 0 Å². The molecule has 0 aliphatic rings. The van der Waals surface area contributed by atoms with Crippen molar-refractivity contribution >= 4 is 61.2 Å². The summed E-state index contributed by atoms with van der Waals surface area (Å²) in [5.74, 6) is 0. The maximum absolute atomic E-state index is 2.12. The zero-order valence-corrected chi connectivity index (χ0v) is 9.93. The van der Waals surface area contributed by atoms with E-state index < -0.39 is 0 Å². The minimum Gasteiger partial charge on any atom is -0.107 e. The van der Waals surface area contributed by atoms with Crippen LogP contribution in [-0.2, 0) is 0 Å². The van der Waals surface area contributed by atoms with Crippen LogP contribution in [0, 0.1) is 75.5 Å². The average Bonchev–Trinajstić information content (AvgIpc) is 1.00. The van der Waals surface area contributed by atoms with Crippen molar-refractivity contribution in [3.05, 3.63) is 0 Å². The molecule has 0 spiro atoms. The zero-order chi connectivity index (χ0) is 2.00. The van der Waals surface area contributed by atoms with Crippen LogP contribution in [-0.4, -0.2) is 0 Å². The summed E-state index contributed by atoms with van der Waals surface area (Å²) in [6, 6.07) is 0. The van der Waals surface area contributed by atoms with Crippen molar-refractivity contribution in [3.8, 4) is 0 Å². The Morgan fingerprint density at radius 3 is 0.833 bits per heavy atom. The third-order valence-electron chi connectivity index (χ3n) is 0. The number of rotatable bonds is 0. The first-order valence-electron chi connectivity index (χ1n) is 0.143. The molecule has 0 bridgehead atoms. The third-order valence-corrected chi connectivity index (χ3v) is 0. The maximum atomic E-state index is 2.12. The van der Waals surface area contributed by atoms with Gasteiger partial charge in [-0.3, -0.25) is 0 Å². The standard InChI is InChI=1S/CH4.2Ar.I2.HI/c;;;1-2;/h1H4;;;;1H. The molecular formula is CH5Ar2I3. The molecule has 0 radical (unpaired) electrons. The smallest absolute Gasteiger partial charge is 0 e. The van der Waals surface area contributed by atoms with E-state index in [1.807, 2.05) is 0 Å². The fourth-order valence-corrected chi connectivity index (χ4v) is 0. The predicted octanol–water partition coefficient (Wildman–Crippen LogP) is 3.03. The van der Waals surface area contributed by atoms with Crippen LogP contribution in [0.4, 0.5) is 0 Å². The van der Waals surface area contributed by atoms with Gasteiger partial charge in [0.15, 0.2) is 0 Å². The van der Waals surface area contributed by atoms with Crippen LogP contribution in [0.2, 0.25) is 0 Å². The molecule has 0 N–H and O–H groups in total. The summed E-state index contributed by atoms with van der Waals surface area (Å²) >= 11 is 4.24. The van der Waals surface area contributed by atoms with Gasteiger partial charge in [0.05, 0.1) is 0 Å². The average molecular weight is 478 g/mol. The Hall–Kier alpha value is 4.71. The van der Waals surface area contributed by atoms with Gasteiger partial charge in [0, 0.05) is 113 Å². The van der Waals surface area contributed by atoms with E-state index in [0.29, 0.717) is 0 Å². The van der Waals surface area contributed by atoms with Gasteiger partial charge in [-0.1, -0.05) is 7.43 Å². The molecule has 0 atom stereocenters. The van der Waals surface area contributed by atoms with Gasteiger partial charge in [-0.25, -0.2) is 0 Å². The Morgan fingerprint density at radius 1 is 0.833 bits per heavy atom. The van der Waals surface area contributed by atoms with Crippen LogP contribution in [0.3, 0.4) is 0 Å². The molecule has 46 valence electrons. The fourth-order valence-electron chi connectivity index (χ4n) is 0. The molecular weight excluding hydrogens is 473 g/mol. The van der Waals surface area contributed by atoms with Gasteiger partial charge in [0.1, 0.15) is 0 Å². The molecule has 0 nitrogen and oxygen atoms in total. The third kappa shape index (κ3) is 23.3. The minimum atomic E-state index is 0. The van der Waals surface area contributed by atoms with Gasteiger partial charge in [-0.05, 0) is 0 Å². The quantitative estimate of drug-likeness (QED) is 0.471. The second-order valence-corrected chi connectivity index (χ2v) is 0. The Bertz CT molecular complexity index is 8.75. The van der Waals surface area contributed by atoms with Crippen LogP contribution in [0.1, 0.15) is 7.43 Å². The van der Waals surface area contributed by atoms with Crippen molar-refractivity contribution in [2.75, 3.05) is 0 Å². The van der Waals surface area contributed by atoms with E-state index in [9.17, 15) is 0 Å². The van der Waals surface area contributed by atoms with Crippen molar-refractivity contribution in [2.24, 2.45) is 0 Å². The molecule has 0 aromatic heterocycles. The van der Waals surface area contributed by atoms with Crippen molar-refractivity contribution in [2.45, 2.75) is 7.43 Å². The summed E-state index contributed by atoms with van der Waals surface area (Å²) in [6.45, 7) is 0. The molecule has 0 saturated heterocycles. The van der Waals surface area contributed by atoms with E-state index >= 15 is 0 Å². The molecule has 0 aliphatic heterocycles. The molecule has 6 heavy (non-hydrogen) atoms. The summed E-state index contributed by atoms with van der Waals surface area (Å²) in [5.41, 5.74) is 0. The van der Waals surface area contributed by atoms with Crippen molar-refractivity contribution in [1.82, 2.24) is 0 Å². The van der Waals surface area contributed by atoms with E-state index in [1.54, 1.807) is 0 Å². The summed E-state index contributed by atoms with van der Waals surface area (Å²) < 4.78 is 0. The molecule has 0 aliphatic carbocycles. The maximum Gasteiger partial charge on any atom is 0 e. The summed E-state index contributed by atoms with van der Waals surface area (Å²) in [5, 5.41) is 0. The Morgan fingerprint density at radius 2 is 0.833 bits per heavy atom. The monoisotopic (exact) mass is 478 g/mol. The first-order valence-corrected chi connectivity index (χ1v) is 6.43. The fraction of sp³-hybridized carbons (Fsp3) is 1.00. The number of hydrogen-bond donors (Lipinski definition) is 0. The zero-order valence-electron chi connectivity index (χ0n) is 1.87. The van der Waals surface area contributed by atoms with Gasteiger partial charge in [-0.15, -0.1) is 24.0 Å². The van der Waals surface area contributed by atoms with Crippen LogP contribution in [0.25, 0.3) is 0 Å². The normalized spacial score (nSPS) is 1.00. The minimum absolute atomic E-state index is 0. The van der Waals surface area contributed by atoms with E-state index in [0.717, 1.165) is 0 Å². The summed E-state index contributed by atoms with van der Waals surface area (Å²) in [6.07, 6.45) is 0. The molecule has 0 saturated carbocycles.